The van der Waals surface area contributed by atoms with Crippen LogP contribution in [0.4, 0.5) is 24.5 Å². The SMILES string of the molecule is O=C(COC(=O)c1cccc(N2C(=O)CCC2=O)c1)Nc1cccc(C(F)(F)F)c1. The first kappa shape index (κ1) is 21.0. The molecule has 3 amide bonds. The largest absolute Gasteiger partial charge is 0.452 e. The molecule has 0 aliphatic carbocycles. The van der Waals surface area contributed by atoms with Gasteiger partial charge in [-0.2, -0.15) is 13.2 Å². The molecule has 0 unspecified atom stereocenters. The molecule has 156 valence electrons. The van der Waals surface area contributed by atoms with Crippen molar-refractivity contribution in [1.82, 2.24) is 0 Å². The molecule has 1 heterocycles. The van der Waals surface area contributed by atoms with E-state index in [1.807, 2.05) is 0 Å². The highest BCUT2D eigenvalue weighted by atomic mass is 19.4. The number of esters is 1. The number of amides is 3. The minimum Gasteiger partial charge on any atom is -0.452 e. The number of nitrogens with one attached hydrogen (secondary N) is 1. The lowest BCUT2D eigenvalue weighted by molar-refractivity contribution is -0.137. The number of hydrogen-bond acceptors (Lipinski definition) is 5. The molecule has 1 N–H and O–H groups in total. The van der Waals surface area contributed by atoms with Gasteiger partial charge in [0.05, 0.1) is 16.8 Å². The van der Waals surface area contributed by atoms with E-state index in [1.54, 1.807) is 0 Å². The molecule has 0 radical (unpaired) electrons. The van der Waals surface area contributed by atoms with Gasteiger partial charge in [-0.15, -0.1) is 0 Å². The second kappa shape index (κ2) is 8.36. The molecule has 0 atom stereocenters. The van der Waals surface area contributed by atoms with Crippen LogP contribution in [0, 0.1) is 0 Å². The number of anilines is 2. The number of hydrogen-bond donors (Lipinski definition) is 1. The van der Waals surface area contributed by atoms with E-state index in [2.05, 4.69) is 5.32 Å². The van der Waals surface area contributed by atoms with Crippen LogP contribution in [0.2, 0.25) is 0 Å². The number of alkyl halides is 3. The van der Waals surface area contributed by atoms with Crippen LogP contribution in [0.5, 0.6) is 0 Å². The van der Waals surface area contributed by atoms with Gasteiger partial charge < -0.3 is 10.1 Å². The predicted octanol–water partition coefficient (Wildman–Crippen LogP) is 3.15. The number of imide groups is 1. The average molecular weight is 420 g/mol. The average Bonchev–Trinajstić information content (AvgIpc) is 3.04. The summed E-state index contributed by atoms with van der Waals surface area (Å²) in [7, 11) is 0. The fourth-order valence-corrected chi connectivity index (χ4v) is 2.82. The van der Waals surface area contributed by atoms with Crippen molar-refractivity contribution < 1.29 is 37.1 Å². The Hall–Kier alpha value is -3.69. The summed E-state index contributed by atoms with van der Waals surface area (Å²) in [6, 6.07) is 9.62. The van der Waals surface area contributed by atoms with E-state index in [1.165, 1.54) is 30.3 Å². The van der Waals surface area contributed by atoms with E-state index in [9.17, 15) is 32.3 Å². The quantitative estimate of drug-likeness (QED) is 0.593. The number of nitrogens with zero attached hydrogens (tertiary/aromatic N) is 1. The second-order valence-electron chi connectivity index (χ2n) is 6.38. The highest BCUT2D eigenvalue weighted by Crippen LogP contribution is 2.30. The van der Waals surface area contributed by atoms with Gasteiger partial charge in [0.25, 0.3) is 5.91 Å². The summed E-state index contributed by atoms with van der Waals surface area (Å²) in [6.07, 6.45) is -4.39. The first-order valence-corrected chi connectivity index (χ1v) is 8.75. The first-order chi connectivity index (χ1) is 14.1. The molecule has 2 aromatic rings. The molecular weight excluding hydrogens is 405 g/mol. The van der Waals surface area contributed by atoms with Crippen molar-refractivity contribution in [2.75, 3.05) is 16.8 Å². The molecule has 0 aromatic heterocycles. The van der Waals surface area contributed by atoms with Crippen LogP contribution in [0.25, 0.3) is 0 Å². The van der Waals surface area contributed by atoms with Gasteiger partial charge in [0.2, 0.25) is 11.8 Å². The monoisotopic (exact) mass is 420 g/mol. The molecule has 2 aromatic carbocycles. The predicted molar refractivity (Wildman–Crippen MR) is 98.5 cm³/mol. The zero-order chi connectivity index (χ0) is 21.9. The van der Waals surface area contributed by atoms with Crippen molar-refractivity contribution >= 4 is 35.1 Å². The molecule has 30 heavy (non-hydrogen) atoms. The summed E-state index contributed by atoms with van der Waals surface area (Å²) in [6.45, 7) is -0.735. The van der Waals surface area contributed by atoms with Crippen LogP contribution >= 0.6 is 0 Å². The van der Waals surface area contributed by atoms with Crippen molar-refractivity contribution in [3.8, 4) is 0 Å². The Morgan fingerprint density at radius 1 is 1.00 bits per heavy atom. The maximum absolute atomic E-state index is 12.7. The normalized spacial score (nSPS) is 14.0. The number of benzene rings is 2. The number of ether oxygens (including phenoxy) is 1. The molecule has 3 rings (SSSR count). The van der Waals surface area contributed by atoms with Gasteiger partial charge in [-0.1, -0.05) is 12.1 Å². The first-order valence-electron chi connectivity index (χ1n) is 8.75. The highest BCUT2D eigenvalue weighted by molar-refractivity contribution is 6.20. The molecule has 0 spiro atoms. The van der Waals surface area contributed by atoms with Crippen LogP contribution < -0.4 is 10.2 Å². The van der Waals surface area contributed by atoms with Gasteiger partial charge >= 0.3 is 12.1 Å². The molecule has 7 nitrogen and oxygen atoms in total. The van der Waals surface area contributed by atoms with E-state index >= 15 is 0 Å². The molecule has 1 saturated heterocycles. The van der Waals surface area contributed by atoms with Crippen LogP contribution in [-0.2, 0) is 25.3 Å². The second-order valence-corrected chi connectivity index (χ2v) is 6.38. The number of carbonyl (C=O) groups is 4. The molecule has 0 bridgehead atoms. The van der Waals surface area contributed by atoms with Crippen LogP contribution in [0.1, 0.15) is 28.8 Å². The summed E-state index contributed by atoms with van der Waals surface area (Å²) < 4.78 is 43.0. The summed E-state index contributed by atoms with van der Waals surface area (Å²) in [4.78, 5) is 48.7. The third kappa shape index (κ3) is 4.83. The smallest absolute Gasteiger partial charge is 0.416 e. The number of carbonyl (C=O) groups excluding carboxylic acids is 4. The van der Waals surface area contributed by atoms with E-state index in [4.69, 9.17) is 4.74 Å². The molecule has 1 aliphatic rings. The Labute approximate surface area is 168 Å². The maximum Gasteiger partial charge on any atom is 0.416 e. The van der Waals surface area contributed by atoms with E-state index < -0.39 is 30.2 Å². The van der Waals surface area contributed by atoms with Crippen molar-refractivity contribution in [1.29, 1.82) is 0 Å². The van der Waals surface area contributed by atoms with E-state index in [-0.39, 0.29) is 41.6 Å². The van der Waals surface area contributed by atoms with Crippen LogP contribution in [-0.4, -0.2) is 30.3 Å². The zero-order valence-electron chi connectivity index (χ0n) is 15.4. The third-order valence-electron chi connectivity index (χ3n) is 4.20. The van der Waals surface area contributed by atoms with Gasteiger partial charge in [0, 0.05) is 18.5 Å². The molecular formula is C20H15F3N2O5. The van der Waals surface area contributed by atoms with Crippen molar-refractivity contribution in [3.05, 3.63) is 59.7 Å². The van der Waals surface area contributed by atoms with Gasteiger partial charge in [0.15, 0.2) is 6.61 Å². The minimum absolute atomic E-state index is 0.00636. The lowest BCUT2D eigenvalue weighted by Crippen LogP contribution is -2.28. The topological polar surface area (TPSA) is 92.8 Å². The van der Waals surface area contributed by atoms with Crippen molar-refractivity contribution in [2.24, 2.45) is 0 Å². The Kier molecular flexibility index (Phi) is 5.86. The lowest BCUT2D eigenvalue weighted by atomic mass is 10.2. The van der Waals surface area contributed by atoms with Gasteiger partial charge in [0.1, 0.15) is 0 Å². The van der Waals surface area contributed by atoms with Crippen LogP contribution in [0.3, 0.4) is 0 Å². The number of halogens is 3. The maximum atomic E-state index is 12.7. The van der Waals surface area contributed by atoms with Gasteiger partial charge in [-0.25, -0.2) is 4.79 Å². The molecule has 1 aliphatic heterocycles. The van der Waals surface area contributed by atoms with E-state index in [0.29, 0.717) is 0 Å². The zero-order valence-corrected chi connectivity index (χ0v) is 15.4. The summed E-state index contributed by atoms with van der Waals surface area (Å²) in [5.74, 6) is -2.49. The highest BCUT2D eigenvalue weighted by Gasteiger charge is 2.31. The fourth-order valence-electron chi connectivity index (χ4n) is 2.82. The van der Waals surface area contributed by atoms with E-state index in [0.717, 1.165) is 23.1 Å². The van der Waals surface area contributed by atoms with Crippen LogP contribution in [0.15, 0.2) is 48.5 Å². The summed E-state index contributed by atoms with van der Waals surface area (Å²) >= 11 is 0. The molecule has 1 fully saturated rings. The number of rotatable bonds is 5. The van der Waals surface area contributed by atoms with Gasteiger partial charge in [-0.05, 0) is 36.4 Å². The Morgan fingerprint density at radius 2 is 1.67 bits per heavy atom. The molecule has 10 heteroatoms. The fraction of sp³-hybridized carbons (Fsp3) is 0.200. The third-order valence-corrected chi connectivity index (χ3v) is 4.20. The molecule has 0 saturated carbocycles. The van der Waals surface area contributed by atoms with Gasteiger partial charge in [-0.3, -0.25) is 19.3 Å². The Morgan fingerprint density at radius 3 is 2.33 bits per heavy atom. The Balaban J connectivity index is 1.61. The minimum atomic E-state index is -4.56. The van der Waals surface area contributed by atoms with Crippen molar-refractivity contribution in [2.45, 2.75) is 19.0 Å². The summed E-state index contributed by atoms with van der Waals surface area (Å²) in [5.41, 5.74) is -0.809. The standard InChI is InChI=1S/C20H15F3N2O5/c21-20(22,23)13-4-2-5-14(10-13)24-16(26)11-30-19(29)12-3-1-6-15(9-12)25-17(27)7-8-18(25)28/h1-6,9-10H,7-8,11H2,(H,24,26). The summed E-state index contributed by atoms with van der Waals surface area (Å²) in [5, 5.41) is 2.22. The van der Waals surface area contributed by atoms with Crippen molar-refractivity contribution in [3.63, 3.8) is 0 Å². The Bertz CT molecular complexity index is 1000. The lowest BCUT2D eigenvalue weighted by Gasteiger charge is -2.14.